The van der Waals surface area contributed by atoms with Crippen LogP contribution >= 0.6 is 0 Å². The van der Waals surface area contributed by atoms with Crippen LogP contribution in [-0.4, -0.2) is 43.5 Å². The fraction of sp³-hybridized carbons (Fsp3) is 0.500. The molecule has 4 N–H and O–H groups in total. The third-order valence-corrected chi connectivity index (χ3v) is 3.06. The molecule has 3 atom stereocenters. The van der Waals surface area contributed by atoms with E-state index in [-0.39, 0.29) is 30.1 Å². The number of ether oxygens (including phenoxy) is 1. The molecule has 1 fully saturated rings. The maximum atomic E-state index is 13.9. The summed E-state index contributed by atoms with van der Waals surface area (Å²) in [5.41, 5.74) is 5.19. The average Bonchev–Trinajstić information content (AvgIpc) is 2.92. The molecule has 9 heteroatoms. The Morgan fingerprint density at radius 3 is 3.16 bits per heavy atom. The number of rotatable bonds is 2. The monoisotopic (exact) mass is 269 g/mol. The minimum absolute atomic E-state index is 0.0671. The van der Waals surface area contributed by atoms with Crippen molar-refractivity contribution in [3.05, 3.63) is 16.7 Å². The van der Waals surface area contributed by atoms with E-state index < -0.39 is 24.1 Å². The normalized spacial score (nSPS) is 27.2. The first-order valence-electron chi connectivity index (χ1n) is 5.73. The molecule has 0 unspecified atom stereocenters. The maximum Gasteiger partial charge on any atom is 0.280 e. The minimum atomic E-state index is -1.31. The first-order valence-corrected chi connectivity index (χ1v) is 5.73. The molecule has 0 radical (unpaired) electrons. The number of nitrogen functional groups attached to an aromatic ring is 1. The van der Waals surface area contributed by atoms with E-state index in [1.54, 1.807) is 0 Å². The second-order valence-electron chi connectivity index (χ2n) is 4.36. The molecule has 19 heavy (non-hydrogen) atoms. The minimum Gasteiger partial charge on any atom is -0.394 e. The molecule has 0 bridgehead atoms. The van der Waals surface area contributed by atoms with E-state index in [1.807, 2.05) is 0 Å². The van der Waals surface area contributed by atoms with Crippen molar-refractivity contribution in [3.63, 3.8) is 0 Å². The third-order valence-electron chi connectivity index (χ3n) is 3.06. The summed E-state index contributed by atoms with van der Waals surface area (Å²) in [4.78, 5) is 21.7. The number of hydrogen-bond acceptors (Lipinski definition) is 6. The molecule has 1 aliphatic rings. The number of aromatic amines is 1. The Morgan fingerprint density at radius 2 is 2.47 bits per heavy atom. The van der Waals surface area contributed by atoms with Gasteiger partial charge in [-0.1, -0.05) is 0 Å². The van der Waals surface area contributed by atoms with Gasteiger partial charge >= 0.3 is 0 Å². The number of anilines is 1. The molecule has 3 heterocycles. The zero-order chi connectivity index (χ0) is 13.6. The molecule has 0 aromatic carbocycles. The third kappa shape index (κ3) is 1.87. The number of H-pyrrole nitrogens is 1. The molecule has 8 nitrogen and oxygen atoms in total. The van der Waals surface area contributed by atoms with E-state index >= 15 is 0 Å². The van der Waals surface area contributed by atoms with Gasteiger partial charge in [-0.25, -0.2) is 9.37 Å². The van der Waals surface area contributed by atoms with Crippen LogP contribution in [0.15, 0.2) is 11.1 Å². The highest BCUT2D eigenvalue weighted by molar-refractivity contribution is 5.70. The number of aliphatic hydroxyl groups excluding tert-OH is 1. The molecule has 1 saturated heterocycles. The Balaban J connectivity index is 2.09. The van der Waals surface area contributed by atoms with Gasteiger partial charge in [0.05, 0.1) is 19.0 Å². The highest BCUT2D eigenvalue weighted by Gasteiger charge is 2.37. The summed E-state index contributed by atoms with van der Waals surface area (Å²) >= 11 is 0. The number of aliphatic hydroxyl groups is 1. The van der Waals surface area contributed by atoms with Gasteiger partial charge in [-0.05, 0) is 0 Å². The molecule has 0 amide bonds. The van der Waals surface area contributed by atoms with Crippen LogP contribution in [0.3, 0.4) is 0 Å². The van der Waals surface area contributed by atoms with E-state index in [0.717, 1.165) is 0 Å². The summed E-state index contributed by atoms with van der Waals surface area (Å²) in [6.45, 7) is -0.264. The van der Waals surface area contributed by atoms with E-state index in [4.69, 9.17) is 15.6 Å². The summed E-state index contributed by atoms with van der Waals surface area (Å²) in [6, 6.07) is 0. The number of nitrogens with zero attached hydrogens (tertiary/aromatic N) is 3. The predicted molar refractivity (Wildman–Crippen MR) is 63.1 cm³/mol. The Hall–Kier alpha value is -2.00. The SMILES string of the molecule is Nc1nc2c(ncn2[C@@H]2O[C@H](CO)C[C@H]2F)c(=O)[nH]1. The summed E-state index contributed by atoms with van der Waals surface area (Å²) in [6.07, 6.45) is -1.48. The van der Waals surface area contributed by atoms with Crippen molar-refractivity contribution in [1.82, 2.24) is 19.5 Å². The lowest BCUT2D eigenvalue weighted by molar-refractivity contribution is -0.0351. The lowest BCUT2D eigenvalue weighted by atomic mass is 10.2. The number of halogens is 1. The van der Waals surface area contributed by atoms with Crippen LogP contribution in [0.1, 0.15) is 12.6 Å². The molecule has 1 aliphatic heterocycles. The molecule has 0 aliphatic carbocycles. The number of imidazole rings is 1. The van der Waals surface area contributed by atoms with Gasteiger partial charge in [0, 0.05) is 6.42 Å². The van der Waals surface area contributed by atoms with Crippen LogP contribution in [0.25, 0.3) is 11.2 Å². The van der Waals surface area contributed by atoms with Gasteiger partial charge in [-0.3, -0.25) is 14.3 Å². The fourth-order valence-electron chi connectivity index (χ4n) is 2.19. The van der Waals surface area contributed by atoms with Gasteiger partial charge in [0.25, 0.3) is 5.56 Å². The molecular weight excluding hydrogens is 257 g/mol. The lowest BCUT2D eigenvalue weighted by Gasteiger charge is -2.15. The van der Waals surface area contributed by atoms with Crippen molar-refractivity contribution in [1.29, 1.82) is 0 Å². The number of nitrogens with two attached hydrogens (primary N) is 1. The second-order valence-corrected chi connectivity index (χ2v) is 4.36. The Labute approximate surface area is 106 Å². The van der Waals surface area contributed by atoms with Crippen LogP contribution in [0.5, 0.6) is 0 Å². The molecule has 102 valence electrons. The topological polar surface area (TPSA) is 119 Å². The van der Waals surface area contributed by atoms with Crippen LogP contribution in [0.2, 0.25) is 0 Å². The Bertz CT molecular complexity index is 669. The van der Waals surface area contributed by atoms with E-state index in [2.05, 4.69) is 15.0 Å². The van der Waals surface area contributed by atoms with Crippen LogP contribution in [-0.2, 0) is 4.74 Å². The smallest absolute Gasteiger partial charge is 0.280 e. The first-order chi connectivity index (χ1) is 9.10. The predicted octanol–water partition coefficient (Wildman–Crippen LogP) is -0.680. The van der Waals surface area contributed by atoms with Crippen molar-refractivity contribution in [2.75, 3.05) is 12.3 Å². The number of nitrogens with one attached hydrogen (secondary N) is 1. The van der Waals surface area contributed by atoms with Crippen molar-refractivity contribution in [3.8, 4) is 0 Å². The zero-order valence-corrected chi connectivity index (χ0v) is 9.78. The molecule has 0 spiro atoms. The number of aromatic nitrogens is 4. The fourth-order valence-corrected chi connectivity index (χ4v) is 2.19. The number of fused-ring (bicyclic) bond motifs is 1. The largest absolute Gasteiger partial charge is 0.394 e. The van der Waals surface area contributed by atoms with Crippen molar-refractivity contribution in [2.45, 2.75) is 24.9 Å². The van der Waals surface area contributed by atoms with Crippen molar-refractivity contribution in [2.24, 2.45) is 0 Å². The summed E-state index contributed by atoms with van der Waals surface area (Å²) in [7, 11) is 0. The Morgan fingerprint density at radius 1 is 1.68 bits per heavy atom. The quantitative estimate of drug-likeness (QED) is 0.664. The van der Waals surface area contributed by atoms with Crippen molar-refractivity contribution >= 4 is 17.1 Å². The standard InChI is InChI=1S/C10H12FN5O3/c11-5-1-4(2-17)19-9(5)16-3-13-6-7(16)14-10(12)15-8(6)18/h3-5,9,17H,1-2H2,(H3,12,14,15,18)/t4-,5+,9+/m0/s1. The van der Waals surface area contributed by atoms with Crippen LogP contribution < -0.4 is 11.3 Å². The van der Waals surface area contributed by atoms with Gasteiger partial charge in [0.1, 0.15) is 6.17 Å². The van der Waals surface area contributed by atoms with E-state index in [1.165, 1.54) is 10.9 Å². The highest BCUT2D eigenvalue weighted by Crippen LogP contribution is 2.32. The van der Waals surface area contributed by atoms with Gasteiger partial charge in [0.2, 0.25) is 5.95 Å². The van der Waals surface area contributed by atoms with E-state index in [0.29, 0.717) is 0 Å². The van der Waals surface area contributed by atoms with Crippen molar-refractivity contribution < 1.29 is 14.2 Å². The maximum absolute atomic E-state index is 13.9. The molecule has 2 aromatic rings. The molecular formula is C10H12FN5O3. The number of hydrogen-bond donors (Lipinski definition) is 3. The first kappa shape index (κ1) is 12.1. The van der Waals surface area contributed by atoms with Crippen LogP contribution in [0, 0.1) is 0 Å². The van der Waals surface area contributed by atoms with Gasteiger partial charge in [-0.15, -0.1) is 0 Å². The summed E-state index contributed by atoms with van der Waals surface area (Å²) < 4.78 is 20.6. The molecule has 3 rings (SSSR count). The van der Waals surface area contributed by atoms with Gasteiger partial charge in [-0.2, -0.15) is 4.98 Å². The Kier molecular flexibility index (Phi) is 2.72. The van der Waals surface area contributed by atoms with Gasteiger partial charge in [0.15, 0.2) is 17.4 Å². The van der Waals surface area contributed by atoms with E-state index in [9.17, 15) is 9.18 Å². The number of alkyl halides is 1. The molecule has 2 aromatic heterocycles. The molecule has 0 saturated carbocycles. The average molecular weight is 269 g/mol. The van der Waals surface area contributed by atoms with Crippen LogP contribution in [0.4, 0.5) is 10.3 Å². The zero-order valence-electron chi connectivity index (χ0n) is 9.78. The highest BCUT2D eigenvalue weighted by atomic mass is 19.1. The summed E-state index contributed by atoms with van der Waals surface area (Å²) in [5.74, 6) is -0.0774. The van der Waals surface area contributed by atoms with Gasteiger partial charge < -0.3 is 15.6 Å². The second kappa shape index (κ2) is 4.28. The lowest BCUT2D eigenvalue weighted by Crippen LogP contribution is -2.18. The summed E-state index contributed by atoms with van der Waals surface area (Å²) in [5, 5.41) is 8.99.